The molecule has 2 unspecified atom stereocenters. The van der Waals surface area contributed by atoms with Crippen LogP contribution in [0.3, 0.4) is 0 Å². The summed E-state index contributed by atoms with van der Waals surface area (Å²) in [6.45, 7) is 5.65. The molecule has 0 spiro atoms. The third kappa shape index (κ3) is 5.71. The molecule has 1 saturated heterocycles. The molecule has 0 amide bonds. The van der Waals surface area contributed by atoms with E-state index in [1.54, 1.807) is 0 Å². The molecule has 3 N–H and O–H groups in total. The van der Waals surface area contributed by atoms with Crippen LogP contribution < -0.4 is 11.1 Å². The maximum Gasteiger partial charge on any atom is 0.193 e. The lowest BCUT2D eigenvalue weighted by Crippen LogP contribution is -2.28. The Bertz CT molecular complexity index is 713. The predicted molar refractivity (Wildman–Crippen MR) is 119 cm³/mol. The average molecular weight is 465 g/mol. The number of hydrogen-bond donors (Lipinski definition) is 2. The van der Waals surface area contributed by atoms with Crippen molar-refractivity contribution in [3.8, 4) is 0 Å². The van der Waals surface area contributed by atoms with Crippen molar-refractivity contribution < 1.29 is 4.74 Å². The van der Waals surface area contributed by atoms with Crippen molar-refractivity contribution in [2.45, 2.75) is 32.8 Å². The van der Waals surface area contributed by atoms with E-state index in [4.69, 9.17) is 10.5 Å². The summed E-state index contributed by atoms with van der Waals surface area (Å²) in [6.07, 6.45) is 2.29. The van der Waals surface area contributed by atoms with Crippen molar-refractivity contribution in [1.29, 1.82) is 0 Å². The van der Waals surface area contributed by atoms with E-state index in [9.17, 15) is 0 Å². The number of ether oxygens (including phenoxy) is 1. The summed E-state index contributed by atoms with van der Waals surface area (Å²) in [5, 5.41) is 3.16. The molecule has 1 fully saturated rings. The molecule has 140 valence electrons. The molecule has 4 nitrogen and oxygen atoms in total. The number of aryl methyl sites for hydroxylation is 2. The molecular formula is C21H28IN3O. The topological polar surface area (TPSA) is 59.6 Å². The number of nitrogens with two attached hydrogens (primary N) is 1. The van der Waals surface area contributed by atoms with Crippen LogP contribution in [0.5, 0.6) is 0 Å². The molecule has 1 aliphatic heterocycles. The summed E-state index contributed by atoms with van der Waals surface area (Å²) in [4.78, 5) is 4.56. The fourth-order valence-corrected chi connectivity index (χ4v) is 3.19. The first-order chi connectivity index (χ1) is 12.1. The highest BCUT2D eigenvalue weighted by molar-refractivity contribution is 14.0. The van der Waals surface area contributed by atoms with Crippen molar-refractivity contribution in [2.75, 3.05) is 18.5 Å². The van der Waals surface area contributed by atoms with Gasteiger partial charge in [0.15, 0.2) is 5.96 Å². The Hall–Kier alpha value is -1.60. The van der Waals surface area contributed by atoms with Gasteiger partial charge in [-0.3, -0.25) is 4.99 Å². The highest BCUT2D eigenvalue weighted by atomic mass is 127. The molecule has 0 aromatic heterocycles. The lowest BCUT2D eigenvalue weighted by atomic mass is 9.89. The van der Waals surface area contributed by atoms with Gasteiger partial charge in [0.05, 0.1) is 6.10 Å². The number of halogens is 1. The van der Waals surface area contributed by atoms with E-state index in [1.807, 2.05) is 12.1 Å². The molecule has 0 aliphatic carbocycles. The Kier molecular flexibility index (Phi) is 7.90. The second-order valence-corrected chi connectivity index (χ2v) is 6.82. The summed E-state index contributed by atoms with van der Waals surface area (Å²) in [5.74, 6) is 0.812. The van der Waals surface area contributed by atoms with Crippen LogP contribution in [-0.4, -0.2) is 19.1 Å². The number of benzene rings is 2. The third-order valence-corrected chi connectivity index (χ3v) is 4.67. The normalized spacial score (nSPS) is 20.3. The zero-order valence-electron chi connectivity index (χ0n) is 15.4. The Morgan fingerprint density at radius 2 is 1.69 bits per heavy atom. The van der Waals surface area contributed by atoms with Crippen LogP contribution in [0, 0.1) is 19.8 Å². The van der Waals surface area contributed by atoms with Crippen molar-refractivity contribution in [1.82, 2.24) is 0 Å². The Balaban J connectivity index is 0.00000243. The van der Waals surface area contributed by atoms with Gasteiger partial charge in [-0.15, -0.1) is 24.0 Å². The first-order valence-electron chi connectivity index (χ1n) is 8.93. The number of aliphatic imine (C=N–C) groups is 1. The van der Waals surface area contributed by atoms with Gasteiger partial charge in [-0.25, -0.2) is 0 Å². The molecule has 0 saturated carbocycles. The molecule has 0 radical (unpaired) electrons. The van der Waals surface area contributed by atoms with E-state index in [1.165, 1.54) is 16.7 Å². The van der Waals surface area contributed by atoms with Gasteiger partial charge in [-0.1, -0.05) is 47.5 Å². The maximum absolute atomic E-state index is 6.06. The van der Waals surface area contributed by atoms with Crippen LogP contribution in [-0.2, 0) is 4.74 Å². The second-order valence-electron chi connectivity index (χ2n) is 6.82. The number of nitrogens with zero attached hydrogens (tertiary/aromatic N) is 1. The molecule has 5 heteroatoms. The Labute approximate surface area is 173 Å². The summed E-state index contributed by atoms with van der Waals surface area (Å²) >= 11 is 0. The van der Waals surface area contributed by atoms with E-state index < -0.39 is 0 Å². The lowest BCUT2D eigenvalue weighted by molar-refractivity contribution is -0.0250. The SMILES string of the molecule is Cc1ccc(NC(N)=NCC2CCCOC2c2ccc(C)cc2)cc1.I. The molecule has 1 aliphatic rings. The van der Waals surface area contributed by atoms with Gasteiger partial charge >= 0.3 is 0 Å². The van der Waals surface area contributed by atoms with Crippen LogP contribution in [0.25, 0.3) is 0 Å². The zero-order chi connectivity index (χ0) is 17.6. The summed E-state index contributed by atoms with van der Waals surface area (Å²) in [5.41, 5.74) is 10.7. The number of hydrogen-bond acceptors (Lipinski definition) is 2. The quantitative estimate of drug-likeness (QED) is 0.387. The Morgan fingerprint density at radius 1 is 1.08 bits per heavy atom. The lowest BCUT2D eigenvalue weighted by Gasteiger charge is -2.31. The first kappa shape index (κ1) is 20.7. The standard InChI is InChI=1S/C21H27N3O.HI/c1-15-5-9-17(10-6-15)20-18(4-3-13-25-20)14-23-21(22)24-19-11-7-16(2)8-12-19;/h5-12,18,20H,3-4,13-14H2,1-2H3,(H3,22,23,24);1H. The molecule has 3 rings (SSSR count). The molecule has 26 heavy (non-hydrogen) atoms. The molecule has 0 bridgehead atoms. The molecule has 2 aromatic carbocycles. The zero-order valence-corrected chi connectivity index (χ0v) is 17.8. The summed E-state index contributed by atoms with van der Waals surface area (Å²) < 4.78 is 6.05. The van der Waals surface area contributed by atoms with Gasteiger partial charge in [-0.2, -0.15) is 0 Å². The monoisotopic (exact) mass is 465 g/mol. The van der Waals surface area contributed by atoms with E-state index in [0.717, 1.165) is 25.1 Å². The van der Waals surface area contributed by atoms with Crippen molar-refractivity contribution >= 4 is 35.6 Å². The minimum Gasteiger partial charge on any atom is -0.373 e. The van der Waals surface area contributed by atoms with Crippen LogP contribution in [0.15, 0.2) is 53.5 Å². The van der Waals surface area contributed by atoms with Crippen LogP contribution in [0.2, 0.25) is 0 Å². The van der Waals surface area contributed by atoms with Crippen molar-refractivity contribution in [2.24, 2.45) is 16.6 Å². The second kappa shape index (κ2) is 9.92. The molecule has 1 heterocycles. The van der Waals surface area contributed by atoms with Gasteiger partial charge in [0.2, 0.25) is 0 Å². The van der Waals surface area contributed by atoms with Crippen LogP contribution in [0.1, 0.15) is 35.6 Å². The van der Waals surface area contributed by atoms with Crippen LogP contribution >= 0.6 is 24.0 Å². The van der Waals surface area contributed by atoms with Gasteiger partial charge in [0.1, 0.15) is 0 Å². The largest absolute Gasteiger partial charge is 0.373 e. The average Bonchev–Trinajstić information content (AvgIpc) is 2.63. The predicted octanol–water partition coefficient (Wildman–Crippen LogP) is 4.82. The van der Waals surface area contributed by atoms with E-state index in [2.05, 4.69) is 60.6 Å². The fourth-order valence-electron chi connectivity index (χ4n) is 3.19. The van der Waals surface area contributed by atoms with E-state index >= 15 is 0 Å². The Morgan fingerprint density at radius 3 is 2.35 bits per heavy atom. The number of guanidine groups is 1. The summed E-state index contributed by atoms with van der Waals surface area (Å²) in [7, 11) is 0. The smallest absolute Gasteiger partial charge is 0.193 e. The molecular weight excluding hydrogens is 437 g/mol. The highest BCUT2D eigenvalue weighted by Crippen LogP contribution is 2.33. The molecule has 2 aromatic rings. The minimum atomic E-state index is 0. The number of anilines is 1. The van der Waals surface area contributed by atoms with Gasteiger partial charge < -0.3 is 15.8 Å². The van der Waals surface area contributed by atoms with Gasteiger partial charge in [-0.05, 0) is 44.4 Å². The minimum absolute atomic E-state index is 0. The molecule has 2 atom stereocenters. The first-order valence-corrected chi connectivity index (χ1v) is 8.93. The fraction of sp³-hybridized carbons (Fsp3) is 0.381. The van der Waals surface area contributed by atoms with Crippen molar-refractivity contribution in [3.05, 3.63) is 65.2 Å². The van der Waals surface area contributed by atoms with Crippen molar-refractivity contribution in [3.63, 3.8) is 0 Å². The van der Waals surface area contributed by atoms with Gasteiger partial charge in [0.25, 0.3) is 0 Å². The maximum atomic E-state index is 6.06. The van der Waals surface area contributed by atoms with E-state index in [-0.39, 0.29) is 30.1 Å². The highest BCUT2D eigenvalue weighted by Gasteiger charge is 2.27. The third-order valence-electron chi connectivity index (χ3n) is 4.67. The van der Waals surface area contributed by atoms with E-state index in [0.29, 0.717) is 18.4 Å². The number of nitrogens with one attached hydrogen (secondary N) is 1. The summed E-state index contributed by atoms with van der Waals surface area (Å²) in [6, 6.07) is 16.7. The van der Waals surface area contributed by atoms with Crippen LogP contribution in [0.4, 0.5) is 5.69 Å². The van der Waals surface area contributed by atoms with Gasteiger partial charge in [0, 0.05) is 24.8 Å². The number of rotatable bonds is 4.